The molecule has 2 aliphatic heterocycles. The molecule has 2 aromatic rings. The molecule has 4 heterocycles. The minimum atomic E-state index is -0.305. The van der Waals surface area contributed by atoms with E-state index >= 15 is 0 Å². The molecule has 0 radical (unpaired) electrons. The molecule has 10 heteroatoms. The number of piperidine rings is 1. The summed E-state index contributed by atoms with van der Waals surface area (Å²) in [6.45, 7) is 1.48. The van der Waals surface area contributed by atoms with Crippen LogP contribution in [0.5, 0.6) is 0 Å². The highest BCUT2D eigenvalue weighted by Gasteiger charge is 2.31. The molecule has 0 spiro atoms. The number of hydrogen-bond acceptors (Lipinski definition) is 8. The molecule has 4 rings (SSSR count). The number of nitrogens with one attached hydrogen (secondary N) is 1. The summed E-state index contributed by atoms with van der Waals surface area (Å²) >= 11 is 1.30. The number of anilines is 1. The minimum absolute atomic E-state index is 0.00175. The zero-order valence-electron chi connectivity index (χ0n) is 14.1. The number of carbonyl (C=O) groups is 2. The largest absolute Gasteiger partial charge is 0.355 e. The van der Waals surface area contributed by atoms with E-state index in [0.29, 0.717) is 5.82 Å². The van der Waals surface area contributed by atoms with Crippen molar-refractivity contribution >= 4 is 28.6 Å². The highest BCUT2D eigenvalue weighted by atomic mass is 32.2. The Morgan fingerprint density at radius 1 is 1.15 bits per heavy atom. The first-order chi connectivity index (χ1) is 12.7. The molecule has 0 saturated carbocycles. The van der Waals surface area contributed by atoms with Gasteiger partial charge in [-0.25, -0.2) is 9.67 Å². The summed E-state index contributed by atoms with van der Waals surface area (Å²) in [7, 11) is 0. The maximum Gasteiger partial charge on any atom is 0.223 e. The number of carbonyl (C=O) groups excluding carboxylic acids is 2. The molecule has 0 aliphatic carbocycles. The SMILES string of the molecule is O=C(N[C@@H]1CCSC1=O)C1CCN(c2ccc(-n3cncn3)nn2)CC1. The quantitative estimate of drug-likeness (QED) is 0.822. The Morgan fingerprint density at radius 3 is 2.54 bits per heavy atom. The van der Waals surface area contributed by atoms with Gasteiger partial charge >= 0.3 is 0 Å². The average Bonchev–Trinajstić information content (AvgIpc) is 3.35. The van der Waals surface area contributed by atoms with Crippen LogP contribution in [-0.2, 0) is 9.59 Å². The highest BCUT2D eigenvalue weighted by molar-refractivity contribution is 8.14. The van der Waals surface area contributed by atoms with Crippen LogP contribution >= 0.6 is 11.8 Å². The molecule has 1 amide bonds. The van der Waals surface area contributed by atoms with Gasteiger partial charge in [-0.05, 0) is 31.4 Å². The van der Waals surface area contributed by atoms with Crippen LogP contribution in [-0.4, -0.2) is 60.9 Å². The average molecular weight is 373 g/mol. The Kier molecular flexibility index (Phi) is 4.83. The molecule has 1 atom stereocenters. The summed E-state index contributed by atoms with van der Waals surface area (Å²) in [5.41, 5.74) is 0. The third kappa shape index (κ3) is 3.55. The van der Waals surface area contributed by atoms with Gasteiger partial charge < -0.3 is 10.2 Å². The summed E-state index contributed by atoms with van der Waals surface area (Å²) < 4.78 is 1.55. The van der Waals surface area contributed by atoms with E-state index in [0.717, 1.165) is 43.9 Å². The topological polar surface area (TPSA) is 106 Å². The van der Waals surface area contributed by atoms with Gasteiger partial charge in [-0.2, -0.15) is 5.10 Å². The Morgan fingerprint density at radius 2 is 1.92 bits per heavy atom. The third-order valence-electron chi connectivity index (χ3n) is 4.73. The molecule has 0 aromatic carbocycles. The van der Waals surface area contributed by atoms with Gasteiger partial charge in [0.25, 0.3) is 0 Å². The normalized spacial score (nSPS) is 21.2. The first-order valence-corrected chi connectivity index (χ1v) is 9.60. The van der Waals surface area contributed by atoms with E-state index in [1.807, 2.05) is 12.1 Å². The molecule has 136 valence electrons. The zero-order valence-corrected chi connectivity index (χ0v) is 14.9. The zero-order chi connectivity index (χ0) is 17.9. The maximum atomic E-state index is 12.4. The second-order valence-electron chi connectivity index (χ2n) is 6.37. The van der Waals surface area contributed by atoms with Gasteiger partial charge in [-0.1, -0.05) is 11.8 Å². The van der Waals surface area contributed by atoms with Crippen LogP contribution in [0.1, 0.15) is 19.3 Å². The van der Waals surface area contributed by atoms with Crippen molar-refractivity contribution in [2.45, 2.75) is 25.3 Å². The van der Waals surface area contributed by atoms with E-state index in [2.05, 4.69) is 30.5 Å². The van der Waals surface area contributed by atoms with E-state index in [9.17, 15) is 9.59 Å². The lowest BCUT2D eigenvalue weighted by Gasteiger charge is -2.32. The molecular weight excluding hydrogens is 354 g/mol. The third-order valence-corrected chi connectivity index (χ3v) is 5.74. The van der Waals surface area contributed by atoms with Gasteiger partial charge in [-0.15, -0.1) is 10.2 Å². The number of nitrogens with zero attached hydrogens (tertiary/aromatic N) is 6. The van der Waals surface area contributed by atoms with Crippen LogP contribution in [0.2, 0.25) is 0 Å². The Hall–Kier alpha value is -2.49. The van der Waals surface area contributed by atoms with Crippen molar-refractivity contribution in [3.63, 3.8) is 0 Å². The minimum Gasteiger partial charge on any atom is -0.355 e. The number of aromatic nitrogens is 5. The molecule has 2 aromatic heterocycles. The van der Waals surface area contributed by atoms with Gasteiger partial charge in [0, 0.05) is 24.8 Å². The number of hydrogen-bond donors (Lipinski definition) is 1. The van der Waals surface area contributed by atoms with E-state index in [4.69, 9.17) is 0 Å². The van der Waals surface area contributed by atoms with E-state index in [1.54, 1.807) is 11.0 Å². The van der Waals surface area contributed by atoms with E-state index in [-0.39, 0.29) is 23.0 Å². The Bertz CT molecular complexity index is 772. The summed E-state index contributed by atoms with van der Waals surface area (Å²) in [4.78, 5) is 30.1. The fourth-order valence-electron chi connectivity index (χ4n) is 3.22. The smallest absolute Gasteiger partial charge is 0.223 e. The van der Waals surface area contributed by atoms with E-state index in [1.165, 1.54) is 18.1 Å². The van der Waals surface area contributed by atoms with Crippen molar-refractivity contribution in [1.82, 2.24) is 30.3 Å². The number of rotatable bonds is 4. The molecule has 0 bridgehead atoms. The van der Waals surface area contributed by atoms with Crippen molar-refractivity contribution in [3.8, 4) is 5.82 Å². The van der Waals surface area contributed by atoms with Crippen LogP contribution in [0.15, 0.2) is 24.8 Å². The van der Waals surface area contributed by atoms with Gasteiger partial charge in [0.15, 0.2) is 11.6 Å². The lowest BCUT2D eigenvalue weighted by Crippen LogP contribution is -2.45. The van der Waals surface area contributed by atoms with Gasteiger partial charge in [-0.3, -0.25) is 9.59 Å². The predicted molar refractivity (Wildman–Crippen MR) is 95.9 cm³/mol. The maximum absolute atomic E-state index is 12.4. The summed E-state index contributed by atoms with van der Waals surface area (Å²) in [6, 6.07) is 3.44. The summed E-state index contributed by atoms with van der Waals surface area (Å²) in [5.74, 6) is 2.14. The predicted octanol–water partition coefficient (Wildman–Crippen LogP) is 0.422. The van der Waals surface area contributed by atoms with Gasteiger partial charge in [0.2, 0.25) is 11.0 Å². The van der Waals surface area contributed by atoms with Crippen molar-refractivity contribution < 1.29 is 9.59 Å². The van der Waals surface area contributed by atoms with Gasteiger partial charge in [0.1, 0.15) is 12.7 Å². The standard InChI is InChI=1S/C16H19N7O2S/c24-15(19-12-5-8-26-16(12)25)11-3-6-22(7-4-11)13-1-2-14(21-20-13)23-10-17-9-18-23/h1-2,9-12H,3-8H2,(H,19,24)/t12-/m1/s1. The Labute approximate surface area is 154 Å². The second kappa shape index (κ2) is 7.40. The number of amides is 1. The van der Waals surface area contributed by atoms with Crippen molar-refractivity contribution in [2.24, 2.45) is 5.92 Å². The van der Waals surface area contributed by atoms with Crippen LogP contribution in [0.25, 0.3) is 5.82 Å². The van der Waals surface area contributed by atoms with Crippen LogP contribution < -0.4 is 10.2 Å². The molecule has 0 unspecified atom stereocenters. The van der Waals surface area contributed by atoms with Crippen LogP contribution in [0, 0.1) is 5.92 Å². The first-order valence-electron chi connectivity index (χ1n) is 8.61. The molecular formula is C16H19N7O2S. The fourth-order valence-corrected chi connectivity index (χ4v) is 4.16. The summed E-state index contributed by atoms with van der Waals surface area (Å²) in [6.07, 6.45) is 5.24. The number of thioether (sulfide) groups is 1. The fraction of sp³-hybridized carbons (Fsp3) is 0.500. The van der Waals surface area contributed by atoms with Crippen molar-refractivity contribution in [1.29, 1.82) is 0 Å². The first kappa shape index (κ1) is 17.0. The van der Waals surface area contributed by atoms with E-state index < -0.39 is 0 Å². The summed E-state index contributed by atoms with van der Waals surface area (Å²) in [5, 5.41) is 15.4. The van der Waals surface area contributed by atoms with Crippen molar-refractivity contribution in [3.05, 3.63) is 24.8 Å². The van der Waals surface area contributed by atoms with Crippen molar-refractivity contribution in [2.75, 3.05) is 23.7 Å². The molecule has 2 saturated heterocycles. The highest BCUT2D eigenvalue weighted by Crippen LogP contribution is 2.24. The molecule has 2 aliphatic rings. The molecule has 9 nitrogen and oxygen atoms in total. The van der Waals surface area contributed by atoms with Gasteiger partial charge in [0.05, 0.1) is 6.04 Å². The molecule has 26 heavy (non-hydrogen) atoms. The molecule has 1 N–H and O–H groups in total. The Balaban J connectivity index is 1.32. The van der Waals surface area contributed by atoms with Crippen LogP contribution in [0.4, 0.5) is 5.82 Å². The van der Waals surface area contributed by atoms with Crippen LogP contribution in [0.3, 0.4) is 0 Å². The lowest BCUT2D eigenvalue weighted by atomic mass is 9.95. The lowest BCUT2D eigenvalue weighted by molar-refractivity contribution is -0.128. The molecule has 2 fully saturated rings. The monoisotopic (exact) mass is 373 g/mol. The second-order valence-corrected chi connectivity index (χ2v) is 7.47.